The van der Waals surface area contributed by atoms with Crippen molar-refractivity contribution in [3.05, 3.63) is 52.6 Å². The van der Waals surface area contributed by atoms with Crippen LogP contribution in [0.4, 0.5) is 5.69 Å². The first-order chi connectivity index (χ1) is 16.7. The zero-order valence-corrected chi connectivity index (χ0v) is 20.9. The third-order valence-corrected chi connectivity index (χ3v) is 7.50. The number of fused-ring (bicyclic) bond motifs is 1. The van der Waals surface area contributed by atoms with Crippen LogP contribution in [0.1, 0.15) is 35.6 Å². The van der Waals surface area contributed by atoms with E-state index in [1.54, 1.807) is 11.8 Å². The highest BCUT2D eigenvalue weighted by atomic mass is 16.5. The van der Waals surface area contributed by atoms with Gasteiger partial charge < -0.3 is 30.1 Å². The molecule has 8 nitrogen and oxygen atoms in total. The number of hydrogen-bond donors (Lipinski definition) is 3. The Morgan fingerprint density at radius 1 is 1.06 bits per heavy atom. The summed E-state index contributed by atoms with van der Waals surface area (Å²) in [6, 6.07) is 9.01. The number of rotatable bonds is 5. The number of aliphatic hydroxyl groups excluding tert-OH is 1. The summed E-state index contributed by atoms with van der Waals surface area (Å²) in [6.07, 6.45) is 0.968. The van der Waals surface area contributed by atoms with Gasteiger partial charge in [-0.25, -0.2) is 0 Å². The van der Waals surface area contributed by atoms with Gasteiger partial charge in [-0.3, -0.25) is 9.59 Å². The number of nitrogens with zero attached hydrogens (tertiary/aromatic N) is 2. The van der Waals surface area contributed by atoms with Crippen molar-refractivity contribution < 1.29 is 24.5 Å². The third kappa shape index (κ3) is 4.67. The Balaban J connectivity index is 1.42. The second-order valence-electron chi connectivity index (χ2n) is 9.72. The van der Waals surface area contributed by atoms with Crippen LogP contribution in [0.2, 0.25) is 0 Å². The number of anilines is 1. The van der Waals surface area contributed by atoms with Gasteiger partial charge in [-0.1, -0.05) is 18.2 Å². The first-order valence-corrected chi connectivity index (χ1v) is 12.2. The highest BCUT2D eigenvalue weighted by molar-refractivity contribution is 5.92. The lowest BCUT2D eigenvalue weighted by Gasteiger charge is -2.39. The third-order valence-electron chi connectivity index (χ3n) is 7.50. The number of hydrogen-bond acceptors (Lipinski definition) is 6. The number of piperazine rings is 1. The number of aromatic hydroxyl groups is 1. The average Bonchev–Trinajstić information content (AvgIpc) is 2.89. The van der Waals surface area contributed by atoms with Gasteiger partial charge in [0.05, 0.1) is 6.61 Å². The van der Waals surface area contributed by atoms with E-state index in [1.807, 2.05) is 51.1 Å². The molecular weight excluding hydrogens is 446 g/mol. The molecule has 0 radical (unpaired) electrons. The standard InChI is InChI=1S/C27H35N3O5/c1-17-18(2)24-21(19(3)23(17)32)10-11-27(4,35-24)26(34)28-22(16-31)25(33)30-14-12-29(13-15-30)20-8-6-5-7-9-20/h5-9,22,31-32H,10-16H2,1-4H3,(H,28,34)/t22-,27?/m0/s1. The van der Waals surface area contributed by atoms with Gasteiger partial charge in [-0.05, 0) is 62.9 Å². The van der Waals surface area contributed by atoms with Crippen molar-refractivity contribution in [1.82, 2.24) is 10.2 Å². The highest BCUT2D eigenvalue weighted by Gasteiger charge is 2.42. The molecule has 2 amide bonds. The molecule has 2 aliphatic heterocycles. The lowest BCUT2D eigenvalue weighted by molar-refractivity contribution is -0.144. The smallest absolute Gasteiger partial charge is 0.264 e. The molecule has 1 saturated heterocycles. The number of carbonyl (C=O) groups excluding carboxylic acids is 2. The molecule has 2 aromatic rings. The molecule has 1 fully saturated rings. The predicted molar refractivity (Wildman–Crippen MR) is 134 cm³/mol. The number of aliphatic hydroxyl groups is 1. The zero-order valence-electron chi connectivity index (χ0n) is 20.9. The van der Waals surface area contributed by atoms with E-state index in [9.17, 15) is 19.8 Å². The van der Waals surface area contributed by atoms with E-state index in [4.69, 9.17) is 4.74 Å². The van der Waals surface area contributed by atoms with Crippen molar-refractivity contribution >= 4 is 17.5 Å². The molecule has 0 spiro atoms. The molecule has 2 aromatic carbocycles. The van der Waals surface area contributed by atoms with Crippen molar-refractivity contribution in [3.63, 3.8) is 0 Å². The van der Waals surface area contributed by atoms with E-state index in [-0.39, 0.29) is 11.7 Å². The lowest BCUT2D eigenvalue weighted by Crippen LogP contribution is -2.60. The van der Waals surface area contributed by atoms with Gasteiger partial charge >= 0.3 is 0 Å². The number of amides is 2. The largest absolute Gasteiger partial charge is 0.507 e. The predicted octanol–water partition coefficient (Wildman–Crippen LogP) is 2.23. The Labute approximate surface area is 206 Å². The molecule has 0 bridgehead atoms. The molecule has 0 aliphatic carbocycles. The molecule has 188 valence electrons. The van der Waals surface area contributed by atoms with E-state index >= 15 is 0 Å². The van der Waals surface area contributed by atoms with Crippen LogP contribution in [-0.2, 0) is 16.0 Å². The van der Waals surface area contributed by atoms with Gasteiger partial charge in [-0.15, -0.1) is 0 Å². The van der Waals surface area contributed by atoms with E-state index in [0.29, 0.717) is 44.8 Å². The van der Waals surface area contributed by atoms with Crippen molar-refractivity contribution in [2.75, 3.05) is 37.7 Å². The molecule has 35 heavy (non-hydrogen) atoms. The molecule has 2 atom stereocenters. The minimum Gasteiger partial charge on any atom is -0.507 e. The second kappa shape index (κ2) is 9.77. The van der Waals surface area contributed by atoms with Gasteiger partial charge in [0.15, 0.2) is 5.60 Å². The van der Waals surface area contributed by atoms with E-state index in [2.05, 4.69) is 10.2 Å². The topological polar surface area (TPSA) is 102 Å². The SMILES string of the molecule is Cc1c(C)c2c(c(C)c1O)CCC(C)(C(=O)N[C@@H](CO)C(=O)N1CCN(c3ccccc3)CC1)O2. The fraction of sp³-hybridized carbons (Fsp3) is 0.481. The number of benzene rings is 2. The minimum atomic E-state index is -1.19. The van der Waals surface area contributed by atoms with E-state index in [1.165, 1.54) is 0 Å². The zero-order chi connectivity index (χ0) is 25.3. The van der Waals surface area contributed by atoms with Crippen LogP contribution in [0.25, 0.3) is 0 Å². The summed E-state index contributed by atoms with van der Waals surface area (Å²) in [5.74, 6) is 0.157. The average molecular weight is 482 g/mol. The molecule has 4 rings (SSSR count). The number of phenols is 1. The Morgan fingerprint density at radius 3 is 2.34 bits per heavy atom. The van der Waals surface area contributed by atoms with Gasteiger partial charge in [0.25, 0.3) is 5.91 Å². The molecule has 0 aromatic heterocycles. The van der Waals surface area contributed by atoms with Gasteiger partial charge in [0.1, 0.15) is 17.5 Å². The Bertz CT molecular complexity index is 1110. The lowest BCUT2D eigenvalue weighted by atomic mass is 9.86. The summed E-state index contributed by atoms with van der Waals surface area (Å²) in [5, 5.41) is 23.1. The van der Waals surface area contributed by atoms with Crippen LogP contribution in [0.15, 0.2) is 30.3 Å². The normalized spacial score (nSPS) is 20.6. The summed E-state index contributed by atoms with van der Waals surface area (Å²) in [5.41, 5.74) is 3.12. The fourth-order valence-corrected chi connectivity index (χ4v) is 4.95. The quantitative estimate of drug-likeness (QED) is 0.605. The van der Waals surface area contributed by atoms with Gasteiger partial charge in [-0.2, -0.15) is 0 Å². The molecule has 8 heteroatoms. The molecule has 3 N–H and O–H groups in total. The fourth-order valence-electron chi connectivity index (χ4n) is 4.95. The number of carbonyl (C=O) groups is 2. The molecule has 2 heterocycles. The number of ether oxygens (including phenoxy) is 1. The summed E-state index contributed by atoms with van der Waals surface area (Å²) in [4.78, 5) is 30.3. The van der Waals surface area contributed by atoms with E-state index in [0.717, 1.165) is 27.9 Å². The summed E-state index contributed by atoms with van der Waals surface area (Å²) in [7, 11) is 0. The number of nitrogens with one attached hydrogen (secondary N) is 1. The van der Waals surface area contributed by atoms with Crippen LogP contribution in [0.5, 0.6) is 11.5 Å². The summed E-state index contributed by atoms with van der Waals surface area (Å²) in [6.45, 7) is 9.17. The number of para-hydroxylation sites is 1. The van der Waals surface area contributed by atoms with Crippen LogP contribution in [0.3, 0.4) is 0 Å². The second-order valence-corrected chi connectivity index (χ2v) is 9.72. The Hall–Kier alpha value is -3.26. The summed E-state index contributed by atoms with van der Waals surface area (Å²) >= 11 is 0. The van der Waals surface area contributed by atoms with Crippen molar-refractivity contribution in [2.45, 2.75) is 52.2 Å². The molecule has 0 saturated carbocycles. The Morgan fingerprint density at radius 2 is 1.71 bits per heavy atom. The monoisotopic (exact) mass is 481 g/mol. The van der Waals surface area contributed by atoms with Crippen molar-refractivity contribution in [3.8, 4) is 11.5 Å². The first-order valence-electron chi connectivity index (χ1n) is 12.2. The van der Waals surface area contributed by atoms with Crippen LogP contribution < -0.4 is 15.0 Å². The van der Waals surface area contributed by atoms with Crippen molar-refractivity contribution in [1.29, 1.82) is 0 Å². The maximum atomic E-state index is 13.3. The molecular formula is C27H35N3O5. The van der Waals surface area contributed by atoms with Crippen LogP contribution in [0, 0.1) is 20.8 Å². The van der Waals surface area contributed by atoms with Gasteiger partial charge in [0, 0.05) is 43.9 Å². The maximum Gasteiger partial charge on any atom is 0.264 e. The first kappa shape index (κ1) is 24.9. The highest BCUT2D eigenvalue weighted by Crippen LogP contribution is 2.43. The minimum absolute atomic E-state index is 0.260. The Kier molecular flexibility index (Phi) is 6.94. The summed E-state index contributed by atoms with van der Waals surface area (Å²) < 4.78 is 6.23. The maximum absolute atomic E-state index is 13.3. The number of phenolic OH excluding ortho intramolecular Hbond substituents is 1. The van der Waals surface area contributed by atoms with Crippen LogP contribution in [-0.4, -0.2) is 71.4 Å². The molecule has 2 aliphatic rings. The molecule has 1 unspecified atom stereocenters. The van der Waals surface area contributed by atoms with Crippen molar-refractivity contribution in [2.24, 2.45) is 0 Å². The van der Waals surface area contributed by atoms with Gasteiger partial charge in [0.2, 0.25) is 5.91 Å². The van der Waals surface area contributed by atoms with E-state index < -0.39 is 24.2 Å². The van der Waals surface area contributed by atoms with Crippen LogP contribution >= 0.6 is 0 Å².